The van der Waals surface area contributed by atoms with Crippen molar-refractivity contribution in [3.05, 3.63) is 42.4 Å². The van der Waals surface area contributed by atoms with Crippen LogP contribution in [0.5, 0.6) is 0 Å². The molecule has 0 radical (unpaired) electrons. The van der Waals surface area contributed by atoms with Gasteiger partial charge in [-0.15, -0.1) is 11.3 Å². The largest absolute Gasteiger partial charge is 0.365 e. The van der Waals surface area contributed by atoms with Crippen molar-refractivity contribution in [2.45, 2.75) is 0 Å². The van der Waals surface area contributed by atoms with Crippen molar-refractivity contribution in [3.63, 3.8) is 0 Å². The van der Waals surface area contributed by atoms with Crippen molar-refractivity contribution < 1.29 is 4.79 Å². The third kappa shape index (κ3) is 1.58. The first-order valence-electron chi connectivity index (χ1n) is 4.94. The molecular weight excluding hydrogens is 236 g/mol. The van der Waals surface area contributed by atoms with Crippen LogP contribution in [0.3, 0.4) is 0 Å². The minimum atomic E-state index is -0.463. The van der Waals surface area contributed by atoms with Crippen molar-refractivity contribution in [1.82, 2.24) is 14.6 Å². The van der Waals surface area contributed by atoms with E-state index in [4.69, 9.17) is 5.73 Å². The van der Waals surface area contributed by atoms with Crippen molar-refractivity contribution in [2.75, 3.05) is 0 Å². The average Bonchev–Trinajstić information content (AvgIpc) is 2.88. The van der Waals surface area contributed by atoms with E-state index in [1.54, 1.807) is 10.7 Å². The molecule has 0 unspecified atom stereocenters. The molecule has 0 aliphatic heterocycles. The maximum atomic E-state index is 11.2. The lowest BCUT2D eigenvalue weighted by Crippen LogP contribution is -2.09. The molecular formula is C11H8N4OS. The van der Waals surface area contributed by atoms with Crippen molar-refractivity contribution in [3.8, 4) is 10.6 Å². The lowest BCUT2D eigenvalue weighted by molar-refractivity contribution is 0.100. The van der Waals surface area contributed by atoms with E-state index < -0.39 is 5.91 Å². The van der Waals surface area contributed by atoms with Crippen LogP contribution in [-0.2, 0) is 0 Å². The van der Waals surface area contributed by atoms with Gasteiger partial charge in [0.25, 0.3) is 5.91 Å². The van der Waals surface area contributed by atoms with Crippen LogP contribution in [0.15, 0.2) is 36.8 Å². The second-order valence-corrected chi connectivity index (χ2v) is 4.51. The Bertz CT molecular complexity index is 686. The Morgan fingerprint density at radius 3 is 3.00 bits per heavy atom. The van der Waals surface area contributed by atoms with Crippen LogP contribution in [0.1, 0.15) is 10.4 Å². The van der Waals surface area contributed by atoms with Crippen molar-refractivity contribution >= 4 is 22.1 Å². The number of thiazole rings is 1. The van der Waals surface area contributed by atoms with Gasteiger partial charge in [0.15, 0.2) is 0 Å². The highest BCUT2D eigenvalue weighted by Crippen LogP contribution is 2.28. The van der Waals surface area contributed by atoms with Gasteiger partial charge in [0, 0.05) is 12.4 Å². The van der Waals surface area contributed by atoms with Gasteiger partial charge in [-0.2, -0.15) is 5.10 Å². The molecule has 3 aromatic rings. The van der Waals surface area contributed by atoms with E-state index in [-0.39, 0.29) is 0 Å². The molecule has 0 fully saturated rings. The van der Waals surface area contributed by atoms with Crippen LogP contribution >= 0.6 is 11.3 Å². The average molecular weight is 244 g/mol. The zero-order valence-electron chi connectivity index (χ0n) is 8.70. The molecule has 84 valence electrons. The van der Waals surface area contributed by atoms with Crippen LogP contribution in [0.4, 0.5) is 0 Å². The Balaban J connectivity index is 2.18. The first-order valence-corrected chi connectivity index (χ1v) is 5.76. The van der Waals surface area contributed by atoms with Crippen LogP contribution in [0, 0.1) is 0 Å². The quantitative estimate of drug-likeness (QED) is 0.743. The molecule has 2 N–H and O–H groups in total. The maximum Gasteiger partial charge on any atom is 0.253 e. The summed E-state index contributed by atoms with van der Waals surface area (Å²) in [5.41, 5.74) is 6.57. The lowest BCUT2D eigenvalue weighted by atomic mass is 10.3. The lowest BCUT2D eigenvalue weighted by Gasteiger charge is -1.92. The minimum Gasteiger partial charge on any atom is -0.365 e. The number of pyridine rings is 1. The van der Waals surface area contributed by atoms with Crippen LogP contribution in [0.2, 0.25) is 0 Å². The van der Waals surface area contributed by atoms with Gasteiger partial charge in [0.1, 0.15) is 4.83 Å². The van der Waals surface area contributed by atoms with Gasteiger partial charge in [0.2, 0.25) is 0 Å². The fourth-order valence-electron chi connectivity index (χ4n) is 1.58. The third-order valence-electron chi connectivity index (χ3n) is 2.38. The number of carbonyl (C=O) groups is 1. The molecule has 17 heavy (non-hydrogen) atoms. The SMILES string of the molecule is NC(=O)c1cnn2cc(-c3ccccn3)sc12. The Hall–Kier alpha value is -2.21. The van der Waals surface area contributed by atoms with Gasteiger partial charge in [0.05, 0.1) is 22.3 Å². The van der Waals surface area contributed by atoms with E-state index in [0.717, 1.165) is 15.4 Å². The Morgan fingerprint density at radius 1 is 1.41 bits per heavy atom. The van der Waals surface area contributed by atoms with E-state index in [2.05, 4.69) is 10.1 Å². The molecule has 3 heterocycles. The summed E-state index contributed by atoms with van der Waals surface area (Å²) in [5.74, 6) is -0.463. The van der Waals surface area contributed by atoms with E-state index in [1.807, 2.05) is 24.4 Å². The second-order valence-electron chi connectivity index (χ2n) is 3.48. The van der Waals surface area contributed by atoms with Crippen LogP contribution in [-0.4, -0.2) is 20.5 Å². The fraction of sp³-hybridized carbons (Fsp3) is 0. The number of hydrogen-bond donors (Lipinski definition) is 1. The number of hydrogen-bond acceptors (Lipinski definition) is 4. The highest BCUT2D eigenvalue weighted by Gasteiger charge is 2.13. The second kappa shape index (κ2) is 3.67. The molecule has 0 saturated heterocycles. The zero-order chi connectivity index (χ0) is 11.8. The predicted octanol–water partition coefficient (Wildman–Crippen LogP) is 1.56. The van der Waals surface area contributed by atoms with E-state index in [9.17, 15) is 4.79 Å². The number of carbonyl (C=O) groups excluding carboxylic acids is 1. The molecule has 1 amide bonds. The minimum absolute atomic E-state index is 0.442. The Labute approximate surface area is 101 Å². The van der Waals surface area contributed by atoms with E-state index in [1.165, 1.54) is 17.5 Å². The molecule has 0 spiro atoms. The number of nitrogens with zero attached hydrogens (tertiary/aromatic N) is 3. The molecule has 3 aromatic heterocycles. The standard InChI is InChI=1S/C11H8N4OS/c12-10(16)7-5-14-15-6-9(17-11(7)15)8-3-1-2-4-13-8/h1-6H,(H2,12,16). The summed E-state index contributed by atoms with van der Waals surface area (Å²) in [6.45, 7) is 0. The van der Waals surface area contributed by atoms with Gasteiger partial charge in [-0.3, -0.25) is 9.78 Å². The summed E-state index contributed by atoms with van der Waals surface area (Å²) < 4.78 is 1.65. The normalized spacial score (nSPS) is 10.8. The van der Waals surface area contributed by atoms with Crippen molar-refractivity contribution in [1.29, 1.82) is 0 Å². The van der Waals surface area contributed by atoms with Gasteiger partial charge >= 0.3 is 0 Å². The van der Waals surface area contributed by atoms with Gasteiger partial charge < -0.3 is 5.73 Å². The van der Waals surface area contributed by atoms with E-state index >= 15 is 0 Å². The maximum absolute atomic E-state index is 11.2. The first kappa shape index (κ1) is 9.98. The number of rotatable bonds is 2. The van der Waals surface area contributed by atoms with Gasteiger partial charge in [-0.05, 0) is 12.1 Å². The zero-order valence-corrected chi connectivity index (χ0v) is 9.52. The summed E-state index contributed by atoms with van der Waals surface area (Å²) in [6.07, 6.45) is 5.05. The molecule has 0 aliphatic rings. The number of nitrogens with two attached hydrogens (primary N) is 1. The summed E-state index contributed by atoms with van der Waals surface area (Å²) in [4.78, 5) is 17.1. The third-order valence-corrected chi connectivity index (χ3v) is 3.51. The molecule has 0 atom stereocenters. The van der Waals surface area contributed by atoms with Crippen molar-refractivity contribution in [2.24, 2.45) is 5.73 Å². The molecule has 0 bridgehead atoms. The highest BCUT2D eigenvalue weighted by atomic mass is 32.1. The first-order chi connectivity index (χ1) is 8.25. The molecule has 6 heteroatoms. The molecule has 0 aliphatic carbocycles. The number of aromatic nitrogens is 3. The van der Waals surface area contributed by atoms with E-state index in [0.29, 0.717) is 5.56 Å². The molecule has 0 saturated carbocycles. The topological polar surface area (TPSA) is 73.3 Å². The Morgan fingerprint density at radius 2 is 2.29 bits per heavy atom. The number of fused-ring (bicyclic) bond motifs is 1. The summed E-state index contributed by atoms with van der Waals surface area (Å²) >= 11 is 1.45. The highest BCUT2D eigenvalue weighted by molar-refractivity contribution is 7.21. The summed E-state index contributed by atoms with van der Waals surface area (Å²) in [5, 5.41) is 4.08. The fourth-order valence-corrected chi connectivity index (χ4v) is 2.63. The van der Waals surface area contributed by atoms with Crippen LogP contribution in [0.25, 0.3) is 15.4 Å². The smallest absolute Gasteiger partial charge is 0.253 e. The predicted molar refractivity (Wildman–Crippen MR) is 64.8 cm³/mol. The number of primary amides is 1. The summed E-state index contributed by atoms with van der Waals surface area (Å²) in [7, 11) is 0. The van der Waals surface area contributed by atoms with Gasteiger partial charge in [-0.25, -0.2) is 4.52 Å². The molecule has 5 nitrogen and oxygen atoms in total. The number of amides is 1. The monoisotopic (exact) mass is 244 g/mol. The van der Waals surface area contributed by atoms with Gasteiger partial charge in [-0.1, -0.05) is 6.07 Å². The molecule has 3 rings (SSSR count). The Kier molecular flexibility index (Phi) is 2.15. The van der Waals surface area contributed by atoms with Crippen LogP contribution < -0.4 is 5.73 Å². The summed E-state index contributed by atoms with van der Waals surface area (Å²) in [6, 6.07) is 5.69. The molecule has 0 aromatic carbocycles.